The number of anilines is 1. The number of nitrogens with zero attached hydrogens (tertiary/aromatic N) is 4. The Balaban J connectivity index is 1.42. The second kappa shape index (κ2) is 9.07. The zero-order valence-electron chi connectivity index (χ0n) is 16.5. The van der Waals surface area contributed by atoms with E-state index in [0.717, 1.165) is 18.4 Å². The van der Waals surface area contributed by atoms with Crippen LogP contribution in [0, 0.1) is 0 Å². The summed E-state index contributed by atoms with van der Waals surface area (Å²) in [5.74, 6) is -0.244. The molecule has 0 aliphatic heterocycles. The SMILES string of the molecule is O=C(CCn1nc(C(F)(F)F)c(Br)c1C1CC1)Nc1nn(Cc2ccccc2Cl)cc1Cl. The molecule has 1 fully saturated rings. The second-order valence-electron chi connectivity index (χ2n) is 7.46. The van der Waals surface area contributed by atoms with E-state index < -0.39 is 17.8 Å². The first kappa shape index (κ1) is 23.1. The van der Waals surface area contributed by atoms with E-state index in [1.807, 2.05) is 18.2 Å². The summed E-state index contributed by atoms with van der Waals surface area (Å²) in [5.41, 5.74) is 0.344. The largest absolute Gasteiger partial charge is 0.436 e. The zero-order valence-corrected chi connectivity index (χ0v) is 19.6. The Morgan fingerprint density at radius 3 is 2.56 bits per heavy atom. The lowest BCUT2D eigenvalue weighted by atomic mass is 10.2. The average Bonchev–Trinajstić information content (AvgIpc) is 3.40. The fourth-order valence-electron chi connectivity index (χ4n) is 3.32. The molecule has 32 heavy (non-hydrogen) atoms. The van der Waals surface area contributed by atoms with Crippen LogP contribution in [-0.2, 0) is 24.1 Å². The van der Waals surface area contributed by atoms with Crippen LogP contribution in [0.25, 0.3) is 0 Å². The van der Waals surface area contributed by atoms with Crippen LogP contribution in [-0.4, -0.2) is 25.5 Å². The summed E-state index contributed by atoms with van der Waals surface area (Å²) < 4.78 is 42.4. The third-order valence-corrected chi connectivity index (χ3v) is 6.41. The maximum absolute atomic E-state index is 13.2. The number of hydrogen-bond donors (Lipinski definition) is 1. The van der Waals surface area contributed by atoms with Gasteiger partial charge in [0.2, 0.25) is 5.91 Å². The standard InChI is InChI=1S/C20H17BrCl2F3N5O/c21-16-17(11-5-6-11)31(28-18(16)20(24,25)26)8-7-15(32)27-19-14(23)10-30(29-19)9-12-3-1-2-4-13(12)22/h1-4,10-11H,5-9H2,(H,27,29,32). The van der Waals surface area contributed by atoms with E-state index in [2.05, 4.69) is 31.4 Å². The molecule has 4 rings (SSSR count). The molecule has 1 saturated carbocycles. The minimum atomic E-state index is -4.57. The number of carbonyl (C=O) groups excluding carboxylic acids is 1. The van der Waals surface area contributed by atoms with Crippen molar-refractivity contribution in [2.45, 2.75) is 44.4 Å². The van der Waals surface area contributed by atoms with Crippen molar-refractivity contribution >= 4 is 50.9 Å². The molecule has 3 aromatic rings. The van der Waals surface area contributed by atoms with Gasteiger partial charge in [0.25, 0.3) is 0 Å². The van der Waals surface area contributed by atoms with Crippen LogP contribution in [0.2, 0.25) is 10.0 Å². The van der Waals surface area contributed by atoms with Gasteiger partial charge in [-0.15, -0.1) is 0 Å². The minimum absolute atomic E-state index is 0.00426. The number of amides is 1. The molecule has 2 heterocycles. The molecule has 12 heteroatoms. The van der Waals surface area contributed by atoms with E-state index in [0.29, 0.717) is 17.3 Å². The Morgan fingerprint density at radius 1 is 1.19 bits per heavy atom. The van der Waals surface area contributed by atoms with E-state index in [4.69, 9.17) is 23.2 Å². The monoisotopic (exact) mass is 549 g/mol. The third kappa shape index (κ3) is 5.13. The summed E-state index contributed by atoms with van der Waals surface area (Å²) in [5, 5.41) is 11.4. The Labute approximate surface area is 199 Å². The lowest BCUT2D eigenvalue weighted by Gasteiger charge is -2.07. The van der Waals surface area contributed by atoms with Gasteiger partial charge in [-0.05, 0) is 40.4 Å². The van der Waals surface area contributed by atoms with Gasteiger partial charge < -0.3 is 5.32 Å². The summed E-state index contributed by atoms with van der Waals surface area (Å²) in [6.07, 6.45) is -1.50. The molecule has 0 saturated heterocycles. The fourth-order valence-corrected chi connectivity index (χ4v) is 4.54. The Bertz CT molecular complexity index is 1160. The molecule has 170 valence electrons. The third-order valence-electron chi connectivity index (χ3n) is 4.98. The van der Waals surface area contributed by atoms with Gasteiger partial charge in [-0.2, -0.15) is 23.4 Å². The summed E-state index contributed by atoms with van der Waals surface area (Å²) in [6.45, 7) is 0.367. The van der Waals surface area contributed by atoms with Crippen LogP contribution < -0.4 is 5.32 Å². The quantitative estimate of drug-likeness (QED) is 0.385. The first-order valence-corrected chi connectivity index (χ1v) is 11.3. The van der Waals surface area contributed by atoms with Crippen LogP contribution in [0.15, 0.2) is 34.9 Å². The van der Waals surface area contributed by atoms with Crippen LogP contribution >= 0.6 is 39.1 Å². The first-order valence-electron chi connectivity index (χ1n) is 9.73. The molecule has 0 spiro atoms. The molecule has 1 aliphatic carbocycles. The molecular weight excluding hydrogens is 534 g/mol. The highest BCUT2D eigenvalue weighted by Crippen LogP contribution is 2.47. The summed E-state index contributed by atoms with van der Waals surface area (Å²) in [6, 6.07) is 7.28. The molecule has 1 N–H and O–H groups in total. The highest BCUT2D eigenvalue weighted by atomic mass is 79.9. The van der Waals surface area contributed by atoms with Crippen molar-refractivity contribution in [3.8, 4) is 0 Å². The number of aryl methyl sites for hydroxylation is 1. The number of nitrogens with one attached hydrogen (secondary N) is 1. The summed E-state index contributed by atoms with van der Waals surface area (Å²) >= 11 is 15.4. The van der Waals surface area contributed by atoms with E-state index in [-0.39, 0.29) is 34.2 Å². The Hall–Kier alpha value is -2.04. The molecule has 1 aliphatic rings. The van der Waals surface area contributed by atoms with Crippen molar-refractivity contribution in [1.29, 1.82) is 0 Å². The van der Waals surface area contributed by atoms with Gasteiger partial charge in [0.15, 0.2) is 11.5 Å². The van der Waals surface area contributed by atoms with Crippen molar-refractivity contribution in [2.75, 3.05) is 5.32 Å². The van der Waals surface area contributed by atoms with Gasteiger partial charge in [0, 0.05) is 23.6 Å². The smallest absolute Gasteiger partial charge is 0.308 e. The lowest BCUT2D eigenvalue weighted by molar-refractivity contribution is -0.142. The fraction of sp³-hybridized carbons (Fsp3) is 0.350. The van der Waals surface area contributed by atoms with E-state index in [1.54, 1.807) is 16.9 Å². The van der Waals surface area contributed by atoms with Gasteiger partial charge >= 0.3 is 6.18 Å². The van der Waals surface area contributed by atoms with Crippen molar-refractivity contribution < 1.29 is 18.0 Å². The van der Waals surface area contributed by atoms with Crippen LogP contribution in [0.4, 0.5) is 19.0 Å². The molecule has 0 unspecified atom stereocenters. The number of aromatic nitrogens is 4. The highest BCUT2D eigenvalue weighted by molar-refractivity contribution is 9.10. The van der Waals surface area contributed by atoms with E-state index in [1.165, 1.54) is 4.68 Å². The normalized spacial score (nSPS) is 14.1. The van der Waals surface area contributed by atoms with Gasteiger partial charge in [-0.25, -0.2) is 0 Å². The molecule has 0 radical (unpaired) electrons. The molecule has 1 amide bonds. The molecule has 6 nitrogen and oxygen atoms in total. The number of alkyl halides is 3. The first-order chi connectivity index (χ1) is 15.1. The Kier molecular flexibility index (Phi) is 6.56. The van der Waals surface area contributed by atoms with Crippen molar-refractivity contribution in [3.63, 3.8) is 0 Å². The molecule has 1 aromatic carbocycles. The van der Waals surface area contributed by atoms with E-state index >= 15 is 0 Å². The molecule has 0 atom stereocenters. The maximum atomic E-state index is 13.2. The van der Waals surface area contributed by atoms with Crippen LogP contribution in [0.1, 0.15) is 42.1 Å². The minimum Gasteiger partial charge on any atom is -0.308 e. The van der Waals surface area contributed by atoms with Gasteiger partial charge in [0.05, 0.1) is 23.3 Å². The van der Waals surface area contributed by atoms with Gasteiger partial charge in [0.1, 0.15) is 5.02 Å². The Morgan fingerprint density at radius 2 is 1.91 bits per heavy atom. The zero-order chi connectivity index (χ0) is 23.0. The van der Waals surface area contributed by atoms with Crippen LogP contribution in [0.3, 0.4) is 0 Å². The predicted molar refractivity (Wildman–Crippen MR) is 118 cm³/mol. The maximum Gasteiger partial charge on any atom is 0.436 e. The topological polar surface area (TPSA) is 64.7 Å². The van der Waals surface area contributed by atoms with Gasteiger partial charge in [-0.1, -0.05) is 41.4 Å². The number of halogens is 6. The van der Waals surface area contributed by atoms with Crippen LogP contribution in [0.5, 0.6) is 0 Å². The average molecular weight is 551 g/mol. The summed E-state index contributed by atoms with van der Waals surface area (Å²) in [4.78, 5) is 12.4. The number of hydrogen-bond acceptors (Lipinski definition) is 3. The molecule has 2 aromatic heterocycles. The number of rotatable bonds is 7. The van der Waals surface area contributed by atoms with Crippen molar-refractivity contribution in [2.24, 2.45) is 0 Å². The number of benzene rings is 1. The molecular formula is C20H17BrCl2F3N5O. The van der Waals surface area contributed by atoms with Crippen molar-refractivity contribution in [1.82, 2.24) is 19.6 Å². The van der Waals surface area contributed by atoms with Gasteiger partial charge in [-0.3, -0.25) is 14.2 Å². The predicted octanol–water partition coefficient (Wildman–Crippen LogP) is 6.12. The highest BCUT2D eigenvalue weighted by Gasteiger charge is 2.41. The molecule has 0 bridgehead atoms. The van der Waals surface area contributed by atoms with E-state index in [9.17, 15) is 18.0 Å². The second-order valence-corrected chi connectivity index (χ2v) is 9.06. The lowest BCUT2D eigenvalue weighted by Crippen LogP contribution is -2.17. The summed E-state index contributed by atoms with van der Waals surface area (Å²) in [7, 11) is 0. The number of carbonyl (C=O) groups is 1. The van der Waals surface area contributed by atoms with Crippen molar-refractivity contribution in [3.05, 3.63) is 61.9 Å².